The third-order valence-corrected chi connectivity index (χ3v) is 9.73. The van der Waals surface area contributed by atoms with Crippen molar-refractivity contribution in [1.29, 1.82) is 0 Å². The Bertz CT molecular complexity index is 2140. The Morgan fingerprint density at radius 3 is 1.94 bits per heavy atom. The summed E-state index contributed by atoms with van der Waals surface area (Å²) >= 11 is 2.79. The minimum Gasteiger partial charge on any atom is -0.486 e. The van der Waals surface area contributed by atoms with Crippen LogP contribution in [0.3, 0.4) is 0 Å². The van der Waals surface area contributed by atoms with Crippen LogP contribution in [0.15, 0.2) is 161 Å². The summed E-state index contributed by atoms with van der Waals surface area (Å²) in [6, 6.07) is 46.9. The van der Waals surface area contributed by atoms with Gasteiger partial charge in [-0.25, -0.2) is 0 Å². The zero-order valence-corrected chi connectivity index (χ0v) is 31.7. The van der Waals surface area contributed by atoms with E-state index in [-0.39, 0.29) is 11.8 Å². The third kappa shape index (κ3) is 9.68. The maximum absolute atomic E-state index is 13.4. The first kappa shape index (κ1) is 37.7. The fourth-order valence-electron chi connectivity index (χ4n) is 5.22. The van der Waals surface area contributed by atoms with Gasteiger partial charge in [0.05, 0.1) is 11.4 Å². The van der Waals surface area contributed by atoms with Crippen molar-refractivity contribution in [2.75, 3.05) is 39.7 Å². The van der Waals surface area contributed by atoms with Crippen LogP contribution in [0.1, 0.15) is 34.6 Å². The van der Waals surface area contributed by atoms with Gasteiger partial charge >= 0.3 is 0 Å². The normalized spacial score (nSPS) is 11.3. The number of ether oxygens (including phenoxy) is 2. The average molecular weight is 757 g/mol. The van der Waals surface area contributed by atoms with Gasteiger partial charge in [0.2, 0.25) is 0 Å². The van der Waals surface area contributed by atoms with Gasteiger partial charge in [0.25, 0.3) is 11.8 Å². The summed E-state index contributed by atoms with van der Waals surface area (Å²) in [6.45, 7) is 5.09. The van der Waals surface area contributed by atoms with Crippen LogP contribution in [0, 0.1) is 0 Å². The zero-order valence-electron chi connectivity index (χ0n) is 30.1. The molecule has 7 rings (SSSR count). The highest BCUT2D eigenvalue weighted by Gasteiger charge is 2.18. The molecular weight excluding hydrogens is 717 g/mol. The number of fused-ring (bicyclic) bond motifs is 1. The largest absolute Gasteiger partial charge is 0.486 e. The zero-order chi connectivity index (χ0) is 37.7. The molecule has 0 fully saturated rings. The second kappa shape index (κ2) is 18.6. The van der Waals surface area contributed by atoms with Crippen LogP contribution in [0.25, 0.3) is 0 Å². The molecule has 1 heterocycles. The van der Waals surface area contributed by atoms with Crippen LogP contribution in [0.4, 0.5) is 22.7 Å². The lowest BCUT2D eigenvalue weighted by molar-refractivity contribution is 0.0991. The Kier molecular flexibility index (Phi) is 13.0. The lowest BCUT2D eigenvalue weighted by atomic mass is 10.2. The summed E-state index contributed by atoms with van der Waals surface area (Å²) in [4.78, 5) is 36.4. The Labute approximate surface area is 324 Å². The highest BCUT2D eigenvalue weighted by atomic mass is 32.2. The number of nitrogens with zero attached hydrogens (tertiary/aromatic N) is 2. The summed E-state index contributed by atoms with van der Waals surface area (Å²) in [7, 11) is 1.76. The SMILES string of the molecule is CC.CN(C(=O)c1ccc(SN(Oc2ccccc2NC(=O)c2ccc(NSc3ccc4c(c3)OCCO4)cc2)c2ccccc2)cc1)c1ccccc1. The Morgan fingerprint density at radius 1 is 0.648 bits per heavy atom. The molecule has 0 saturated carbocycles. The quantitative estimate of drug-likeness (QED) is 0.0935. The molecule has 2 N–H and O–H groups in total. The minimum atomic E-state index is -0.276. The van der Waals surface area contributed by atoms with Gasteiger partial charge in [0.1, 0.15) is 13.2 Å². The summed E-state index contributed by atoms with van der Waals surface area (Å²) < 4.78 is 16.3. The first-order valence-corrected chi connectivity index (χ1v) is 19.1. The molecule has 0 saturated heterocycles. The molecule has 0 bridgehead atoms. The van der Waals surface area contributed by atoms with Crippen LogP contribution in [0.2, 0.25) is 0 Å². The molecule has 274 valence electrons. The summed E-state index contributed by atoms with van der Waals surface area (Å²) in [5.41, 5.74) is 4.02. The minimum absolute atomic E-state index is 0.107. The van der Waals surface area contributed by atoms with E-state index in [4.69, 9.17) is 14.3 Å². The molecule has 0 aromatic heterocycles. The number of anilines is 4. The second-order valence-corrected chi connectivity index (χ2v) is 13.4. The Balaban J connectivity index is 0.00000245. The second-order valence-electron chi connectivity index (χ2n) is 11.5. The number of amides is 2. The number of hydrogen-bond donors (Lipinski definition) is 2. The van der Waals surface area contributed by atoms with E-state index < -0.39 is 0 Å². The van der Waals surface area contributed by atoms with Crippen LogP contribution >= 0.6 is 23.9 Å². The van der Waals surface area contributed by atoms with Crippen molar-refractivity contribution in [3.63, 3.8) is 0 Å². The number of hydrogen-bond acceptors (Lipinski definition) is 9. The average Bonchev–Trinajstić information content (AvgIpc) is 3.24. The highest BCUT2D eigenvalue weighted by molar-refractivity contribution is 8.00. The first-order valence-electron chi connectivity index (χ1n) is 17.5. The number of nitrogens with one attached hydrogen (secondary N) is 2. The van der Waals surface area contributed by atoms with E-state index in [9.17, 15) is 9.59 Å². The molecule has 54 heavy (non-hydrogen) atoms. The number of carbonyl (C=O) groups excluding carboxylic acids is 2. The fraction of sp³-hybridized carbons (Fsp3) is 0.116. The van der Waals surface area contributed by atoms with Crippen molar-refractivity contribution in [2.24, 2.45) is 0 Å². The molecule has 0 spiro atoms. The molecule has 2 amide bonds. The maximum atomic E-state index is 13.4. The van der Waals surface area contributed by atoms with Crippen molar-refractivity contribution < 1.29 is 23.9 Å². The Hall–Kier alpha value is -6.04. The molecule has 0 aliphatic carbocycles. The van der Waals surface area contributed by atoms with E-state index in [1.807, 2.05) is 129 Å². The predicted octanol–water partition coefficient (Wildman–Crippen LogP) is 10.6. The van der Waals surface area contributed by atoms with Crippen molar-refractivity contribution in [1.82, 2.24) is 0 Å². The smallest absolute Gasteiger partial charge is 0.258 e. The standard InChI is InChI=1S/C41H34N4O5S2.C2H6/c1-44(32-10-4-2-5-11-32)41(47)30-18-22-34(23-19-30)52-45(33-12-6-3-7-13-33)50-37-15-9-8-14-36(37)42-40(46)29-16-20-31(21-17-29)43-51-35-24-25-38-39(28-35)49-27-26-48-38;1-2/h2-25,28,43H,26-27H2,1H3,(H,42,46);1-2H3. The topological polar surface area (TPSA) is 92.4 Å². The van der Waals surface area contributed by atoms with Gasteiger partial charge < -0.3 is 29.3 Å². The molecule has 0 unspecified atom stereocenters. The predicted molar refractivity (Wildman–Crippen MR) is 220 cm³/mol. The van der Waals surface area contributed by atoms with Gasteiger partial charge in [-0.05, 0) is 115 Å². The number of benzene rings is 6. The number of carbonyl (C=O) groups is 2. The van der Waals surface area contributed by atoms with E-state index in [1.54, 1.807) is 52.8 Å². The fourth-order valence-corrected chi connectivity index (χ4v) is 6.69. The third-order valence-electron chi connectivity index (χ3n) is 7.97. The van der Waals surface area contributed by atoms with Crippen LogP contribution < -0.4 is 33.7 Å². The van der Waals surface area contributed by atoms with Crippen molar-refractivity contribution in [3.8, 4) is 17.2 Å². The van der Waals surface area contributed by atoms with E-state index in [1.165, 1.54) is 23.9 Å². The van der Waals surface area contributed by atoms with E-state index in [0.717, 1.165) is 38.4 Å². The monoisotopic (exact) mass is 756 g/mol. The first-order chi connectivity index (χ1) is 26.5. The summed E-state index contributed by atoms with van der Waals surface area (Å²) in [5.74, 6) is 1.55. The van der Waals surface area contributed by atoms with Gasteiger partial charge in [-0.2, -0.15) is 0 Å². The molecule has 0 atom stereocenters. The van der Waals surface area contributed by atoms with Gasteiger partial charge in [0, 0.05) is 51.3 Å². The lowest BCUT2D eigenvalue weighted by Gasteiger charge is -2.24. The molecule has 9 nitrogen and oxygen atoms in total. The molecule has 6 aromatic rings. The summed E-state index contributed by atoms with van der Waals surface area (Å²) in [6.07, 6.45) is 0. The lowest BCUT2D eigenvalue weighted by Crippen LogP contribution is -2.26. The highest BCUT2D eigenvalue weighted by Crippen LogP contribution is 2.36. The summed E-state index contributed by atoms with van der Waals surface area (Å²) in [5, 5.41) is 3.00. The molecule has 0 radical (unpaired) electrons. The van der Waals surface area contributed by atoms with Crippen LogP contribution in [0.5, 0.6) is 17.2 Å². The van der Waals surface area contributed by atoms with Gasteiger partial charge in [-0.3, -0.25) is 9.59 Å². The Morgan fingerprint density at radius 2 is 1.24 bits per heavy atom. The molecule has 1 aliphatic heterocycles. The van der Waals surface area contributed by atoms with E-state index in [0.29, 0.717) is 35.8 Å². The number of rotatable bonds is 12. The van der Waals surface area contributed by atoms with Crippen LogP contribution in [-0.2, 0) is 0 Å². The van der Waals surface area contributed by atoms with E-state index in [2.05, 4.69) is 10.0 Å². The number of para-hydroxylation sites is 4. The van der Waals surface area contributed by atoms with Gasteiger partial charge in [-0.1, -0.05) is 62.4 Å². The van der Waals surface area contributed by atoms with Crippen molar-refractivity contribution in [3.05, 3.63) is 163 Å². The van der Waals surface area contributed by atoms with Gasteiger partial charge in [0.15, 0.2) is 17.2 Å². The molecule has 1 aliphatic rings. The molecule has 6 aromatic carbocycles. The van der Waals surface area contributed by atoms with E-state index >= 15 is 0 Å². The van der Waals surface area contributed by atoms with Gasteiger partial charge in [-0.15, -0.1) is 4.47 Å². The molecule has 11 heteroatoms. The van der Waals surface area contributed by atoms with Crippen molar-refractivity contribution in [2.45, 2.75) is 23.6 Å². The maximum Gasteiger partial charge on any atom is 0.258 e. The van der Waals surface area contributed by atoms with Crippen LogP contribution in [-0.4, -0.2) is 32.1 Å². The molecular formula is C43H40N4O5S2. The van der Waals surface area contributed by atoms with Crippen molar-refractivity contribution >= 4 is 58.5 Å².